The van der Waals surface area contributed by atoms with Gasteiger partial charge in [-0.1, -0.05) is 25.7 Å². The first-order valence-corrected chi connectivity index (χ1v) is 5.99. The maximum Gasteiger partial charge on any atom is 0.314 e. The number of hydrogen-bond acceptors (Lipinski definition) is 3. The zero-order valence-electron chi connectivity index (χ0n) is 9.79. The topological polar surface area (TPSA) is 46.5 Å². The lowest BCUT2D eigenvalue weighted by Crippen LogP contribution is -2.42. The number of aliphatic hydroxyl groups is 1. The van der Waals surface area contributed by atoms with Crippen LogP contribution in [0.3, 0.4) is 0 Å². The van der Waals surface area contributed by atoms with Crippen molar-refractivity contribution in [3.8, 4) is 0 Å². The molecule has 1 fully saturated rings. The van der Waals surface area contributed by atoms with Gasteiger partial charge in [-0.3, -0.25) is 4.79 Å². The first kappa shape index (κ1) is 12.5. The normalized spacial score (nSPS) is 22.9. The third-order valence-corrected chi connectivity index (χ3v) is 3.48. The Kier molecular flexibility index (Phi) is 4.58. The van der Waals surface area contributed by atoms with Crippen LogP contribution in [-0.4, -0.2) is 23.8 Å². The SMILES string of the molecule is CCOC(=O)C1([C@H](C)O)CCCCCC1. The molecule has 15 heavy (non-hydrogen) atoms. The highest BCUT2D eigenvalue weighted by Gasteiger charge is 2.44. The Balaban J connectivity index is 2.79. The standard InChI is InChI=1S/C12H22O3/c1-3-15-11(14)12(10(2)13)8-6-4-5-7-9-12/h10,13H,3-9H2,1-2H3/t10-/m0/s1. The van der Waals surface area contributed by atoms with Crippen LogP contribution in [0.2, 0.25) is 0 Å². The van der Waals surface area contributed by atoms with Crippen LogP contribution in [0.1, 0.15) is 52.4 Å². The highest BCUT2D eigenvalue weighted by molar-refractivity contribution is 5.77. The lowest BCUT2D eigenvalue weighted by molar-refractivity contribution is -0.163. The summed E-state index contributed by atoms with van der Waals surface area (Å²) in [4.78, 5) is 11.9. The molecule has 0 saturated heterocycles. The summed E-state index contributed by atoms with van der Waals surface area (Å²) in [5.74, 6) is -0.207. The van der Waals surface area contributed by atoms with Crippen molar-refractivity contribution in [3.63, 3.8) is 0 Å². The Morgan fingerprint density at radius 3 is 2.27 bits per heavy atom. The number of ether oxygens (including phenoxy) is 1. The van der Waals surface area contributed by atoms with Crippen molar-refractivity contribution in [2.75, 3.05) is 6.61 Å². The van der Waals surface area contributed by atoms with E-state index in [-0.39, 0.29) is 5.97 Å². The molecule has 1 aliphatic carbocycles. The van der Waals surface area contributed by atoms with Gasteiger partial charge in [0.1, 0.15) is 0 Å². The molecular formula is C12H22O3. The zero-order valence-corrected chi connectivity index (χ0v) is 9.79. The van der Waals surface area contributed by atoms with E-state index in [1.54, 1.807) is 6.92 Å². The van der Waals surface area contributed by atoms with Crippen molar-refractivity contribution in [1.82, 2.24) is 0 Å². The highest BCUT2D eigenvalue weighted by Crippen LogP contribution is 2.39. The summed E-state index contributed by atoms with van der Waals surface area (Å²) in [5, 5.41) is 9.85. The van der Waals surface area contributed by atoms with E-state index in [1.165, 1.54) is 0 Å². The minimum atomic E-state index is -0.632. The number of rotatable bonds is 3. The third-order valence-electron chi connectivity index (χ3n) is 3.48. The van der Waals surface area contributed by atoms with Crippen LogP contribution in [0.15, 0.2) is 0 Å². The number of hydrogen-bond donors (Lipinski definition) is 1. The van der Waals surface area contributed by atoms with E-state index in [0.717, 1.165) is 38.5 Å². The molecule has 0 aromatic rings. The van der Waals surface area contributed by atoms with Crippen molar-refractivity contribution in [1.29, 1.82) is 0 Å². The van der Waals surface area contributed by atoms with Gasteiger partial charge in [-0.25, -0.2) is 0 Å². The largest absolute Gasteiger partial charge is 0.465 e. The summed E-state index contributed by atoms with van der Waals surface area (Å²) in [7, 11) is 0. The molecule has 88 valence electrons. The lowest BCUT2D eigenvalue weighted by Gasteiger charge is -2.32. The predicted molar refractivity (Wildman–Crippen MR) is 58.4 cm³/mol. The molecule has 1 rings (SSSR count). The van der Waals surface area contributed by atoms with E-state index in [1.807, 2.05) is 6.92 Å². The summed E-state index contributed by atoms with van der Waals surface area (Å²) in [6, 6.07) is 0. The number of carbonyl (C=O) groups excluding carboxylic acids is 1. The molecule has 0 radical (unpaired) electrons. The summed E-state index contributed by atoms with van der Waals surface area (Å²) in [6.07, 6.45) is 5.29. The molecule has 0 bridgehead atoms. The summed E-state index contributed by atoms with van der Waals surface area (Å²) >= 11 is 0. The van der Waals surface area contributed by atoms with Crippen LogP contribution in [0, 0.1) is 5.41 Å². The molecule has 0 amide bonds. The van der Waals surface area contributed by atoms with Crippen LogP contribution in [0.25, 0.3) is 0 Å². The van der Waals surface area contributed by atoms with E-state index in [9.17, 15) is 9.90 Å². The van der Waals surface area contributed by atoms with Gasteiger partial charge < -0.3 is 9.84 Å². The van der Waals surface area contributed by atoms with Gasteiger partial charge in [-0.2, -0.15) is 0 Å². The van der Waals surface area contributed by atoms with E-state index in [2.05, 4.69) is 0 Å². The van der Waals surface area contributed by atoms with Crippen LogP contribution in [0.5, 0.6) is 0 Å². The second-order valence-electron chi connectivity index (χ2n) is 4.47. The molecule has 3 heteroatoms. The van der Waals surface area contributed by atoms with Crippen LogP contribution in [-0.2, 0) is 9.53 Å². The van der Waals surface area contributed by atoms with Gasteiger partial charge in [0.25, 0.3) is 0 Å². The van der Waals surface area contributed by atoms with E-state index >= 15 is 0 Å². The van der Waals surface area contributed by atoms with Crippen LogP contribution in [0.4, 0.5) is 0 Å². The molecule has 0 aliphatic heterocycles. The molecule has 0 heterocycles. The summed E-state index contributed by atoms with van der Waals surface area (Å²) in [5.41, 5.74) is -0.632. The zero-order chi connectivity index (χ0) is 11.3. The fourth-order valence-corrected chi connectivity index (χ4v) is 2.43. The molecule has 0 aromatic carbocycles. The third kappa shape index (κ3) is 2.71. The average Bonchev–Trinajstić information content (AvgIpc) is 2.43. The van der Waals surface area contributed by atoms with Crippen molar-refractivity contribution in [3.05, 3.63) is 0 Å². The molecule has 0 spiro atoms. The Hall–Kier alpha value is -0.570. The van der Waals surface area contributed by atoms with Gasteiger partial charge in [-0.05, 0) is 26.7 Å². The van der Waals surface area contributed by atoms with Crippen LogP contribution >= 0.6 is 0 Å². The first-order chi connectivity index (χ1) is 7.13. The number of aliphatic hydroxyl groups excluding tert-OH is 1. The van der Waals surface area contributed by atoms with Crippen molar-refractivity contribution in [2.24, 2.45) is 5.41 Å². The monoisotopic (exact) mass is 214 g/mol. The van der Waals surface area contributed by atoms with Crippen LogP contribution < -0.4 is 0 Å². The minimum absolute atomic E-state index is 0.207. The summed E-state index contributed by atoms with van der Waals surface area (Å²) < 4.78 is 5.10. The Morgan fingerprint density at radius 1 is 1.33 bits per heavy atom. The molecule has 0 unspecified atom stereocenters. The molecule has 0 aromatic heterocycles. The molecule has 1 atom stereocenters. The van der Waals surface area contributed by atoms with Gasteiger partial charge >= 0.3 is 5.97 Å². The maximum absolute atomic E-state index is 11.9. The van der Waals surface area contributed by atoms with Gasteiger partial charge in [0, 0.05) is 0 Å². The highest BCUT2D eigenvalue weighted by atomic mass is 16.5. The quantitative estimate of drug-likeness (QED) is 0.579. The molecular weight excluding hydrogens is 192 g/mol. The molecule has 3 nitrogen and oxygen atoms in total. The summed E-state index contributed by atoms with van der Waals surface area (Å²) in [6.45, 7) is 3.92. The van der Waals surface area contributed by atoms with Gasteiger partial charge in [-0.15, -0.1) is 0 Å². The lowest BCUT2D eigenvalue weighted by atomic mass is 9.76. The smallest absolute Gasteiger partial charge is 0.314 e. The van der Waals surface area contributed by atoms with E-state index in [4.69, 9.17) is 4.74 Å². The first-order valence-electron chi connectivity index (χ1n) is 5.99. The second kappa shape index (κ2) is 5.50. The Labute approximate surface area is 91.8 Å². The fraction of sp³-hybridized carbons (Fsp3) is 0.917. The molecule has 1 saturated carbocycles. The van der Waals surface area contributed by atoms with Gasteiger partial charge in [0.05, 0.1) is 18.1 Å². The van der Waals surface area contributed by atoms with Crippen molar-refractivity contribution >= 4 is 5.97 Å². The fourth-order valence-electron chi connectivity index (χ4n) is 2.43. The second-order valence-corrected chi connectivity index (χ2v) is 4.47. The number of esters is 1. The van der Waals surface area contributed by atoms with Crippen molar-refractivity contribution < 1.29 is 14.6 Å². The minimum Gasteiger partial charge on any atom is -0.465 e. The van der Waals surface area contributed by atoms with Crippen molar-refractivity contribution in [2.45, 2.75) is 58.5 Å². The number of carbonyl (C=O) groups is 1. The molecule has 1 N–H and O–H groups in total. The Bertz CT molecular complexity index is 203. The average molecular weight is 214 g/mol. The molecule has 1 aliphatic rings. The Morgan fingerprint density at radius 2 is 1.87 bits per heavy atom. The van der Waals surface area contributed by atoms with E-state index < -0.39 is 11.5 Å². The van der Waals surface area contributed by atoms with E-state index in [0.29, 0.717) is 6.61 Å². The maximum atomic E-state index is 11.9. The van der Waals surface area contributed by atoms with Gasteiger partial charge in [0.15, 0.2) is 0 Å². The van der Waals surface area contributed by atoms with Gasteiger partial charge in [0.2, 0.25) is 0 Å². The predicted octanol–water partition coefficient (Wildman–Crippen LogP) is 2.27.